The second kappa shape index (κ2) is 17.0. The van der Waals surface area contributed by atoms with E-state index in [0.29, 0.717) is 56.4 Å². The first kappa shape index (κ1) is 32.2. The molecule has 0 atom stereocenters. The molecule has 2 aliphatic heterocycles. The van der Waals surface area contributed by atoms with Gasteiger partial charge in [-0.2, -0.15) is 5.26 Å². The lowest BCUT2D eigenvalue weighted by atomic mass is 9.96. The highest BCUT2D eigenvalue weighted by atomic mass is 32.2. The van der Waals surface area contributed by atoms with E-state index >= 15 is 0 Å². The Morgan fingerprint density at radius 3 is 2.35 bits per heavy atom. The molecule has 2 aromatic heterocycles. The van der Waals surface area contributed by atoms with E-state index < -0.39 is 35.7 Å². The van der Waals surface area contributed by atoms with Crippen molar-refractivity contribution in [1.29, 1.82) is 5.26 Å². The zero-order valence-electron chi connectivity index (χ0n) is 33.5. The fourth-order valence-corrected chi connectivity index (χ4v) is 6.69. The zero-order chi connectivity index (χ0) is 40.0. The number of carbonyl (C=O) groups excluding carboxylic acids is 3. The predicted molar refractivity (Wildman–Crippen MR) is 197 cm³/mol. The van der Waals surface area contributed by atoms with Crippen LogP contribution in [0.2, 0.25) is 0 Å². The molecule has 0 saturated carbocycles. The van der Waals surface area contributed by atoms with Crippen molar-refractivity contribution in [1.82, 2.24) is 29.7 Å². The molecule has 270 valence electrons. The number of piperidine rings is 1. The van der Waals surface area contributed by atoms with E-state index in [1.54, 1.807) is 4.90 Å². The fraction of sp³-hybridized carbons (Fsp3) is 0.486. The lowest BCUT2D eigenvalue weighted by molar-refractivity contribution is -0.133. The molecule has 2 saturated heterocycles. The Hall–Kier alpha value is -4.74. The number of nitrogens with zero attached hydrogens (tertiary/aromatic N) is 7. The van der Waals surface area contributed by atoms with E-state index in [2.05, 4.69) is 20.2 Å². The molecular weight excluding hydrogens is 667 g/mol. The monoisotopic (exact) mass is 717 g/mol. The van der Waals surface area contributed by atoms with Gasteiger partial charge < -0.3 is 25.6 Å². The summed E-state index contributed by atoms with van der Waals surface area (Å²) in [5.74, 6) is 0.165. The molecule has 13 nitrogen and oxygen atoms in total. The van der Waals surface area contributed by atoms with Crippen molar-refractivity contribution >= 4 is 41.2 Å². The molecule has 3 amide bonds. The molecule has 0 aliphatic carbocycles. The van der Waals surface area contributed by atoms with Crippen LogP contribution in [0.4, 0.5) is 16.3 Å². The lowest BCUT2D eigenvalue weighted by Crippen LogP contribution is -2.51. The number of benzene rings is 1. The number of carbonyl (C=O) groups is 3. The van der Waals surface area contributed by atoms with Gasteiger partial charge in [0, 0.05) is 81.9 Å². The predicted octanol–water partition coefficient (Wildman–Crippen LogP) is 4.97. The first-order valence-electron chi connectivity index (χ1n) is 19.1. The first-order valence-corrected chi connectivity index (χ1v) is 18.0. The van der Waals surface area contributed by atoms with Crippen molar-refractivity contribution in [2.45, 2.75) is 69.9 Å². The minimum absolute atomic E-state index is 0.0835. The number of aromatic nitrogens is 3. The molecular formula is C37H47N9O4S. The number of hydrogen-bond donors (Lipinski definition) is 2. The van der Waals surface area contributed by atoms with E-state index in [9.17, 15) is 19.6 Å². The molecule has 3 N–H and O–H groups in total. The SMILES string of the molecule is [2H]c1c([2H])c(-c2nc(SCc3cccc(CCC(=O)N4CCN(CC5CCN(C(=O)OC(C)(C)C)CC5)CC4)n3)nc(N)c2C#N)c([2H])c([2H])c1NC(C)=O. The number of aryl methyl sites for hydroxylation is 1. The van der Waals surface area contributed by atoms with Crippen molar-refractivity contribution in [2.24, 2.45) is 5.92 Å². The van der Waals surface area contributed by atoms with Crippen LogP contribution in [0.15, 0.2) is 47.5 Å². The van der Waals surface area contributed by atoms with Crippen molar-refractivity contribution in [3.63, 3.8) is 0 Å². The number of ether oxygens (including phenoxy) is 1. The summed E-state index contributed by atoms with van der Waals surface area (Å²) in [5, 5.41) is 12.3. The molecule has 0 bridgehead atoms. The highest BCUT2D eigenvalue weighted by molar-refractivity contribution is 7.98. The van der Waals surface area contributed by atoms with Crippen molar-refractivity contribution in [2.75, 3.05) is 56.9 Å². The maximum Gasteiger partial charge on any atom is 0.410 e. The maximum absolute atomic E-state index is 13.2. The minimum Gasteiger partial charge on any atom is -0.444 e. The van der Waals surface area contributed by atoms with E-state index in [1.807, 2.05) is 49.9 Å². The Balaban J connectivity index is 1.13. The van der Waals surface area contributed by atoms with E-state index in [0.717, 1.165) is 38.2 Å². The van der Waals surface area contributed by atoms with Crippen LogP contribution in [0.5, 0.6) is 0 Å². The summed E-state index contributed by atoms with van der Waals surface area (Å²) in [6.45, 7) is 12.2. The Kier molecular flexibility index (Phi) is 10.7. The minimum atomic E-state index is -0.558. The Morgan fingerprint density at radius 2 is 1.71 bits per heavy atom. The number of nitrogens with two attached hydrogens (primary N) is 1. The standard InChI is InChI=1S/C37H47N9O4S/c1-25(47)40-29-10-8-27(9-11-29)33-31(22-38)34(39)43-35(42-33)51-24-30-7-5-6-28(41-30)12-13-32(48)45-20-18-44(19-21-45)23-26-14-16-46(17-15-26)36(49)50-37(2,3)4/h5-11,26H,12-21,23-24H2,1-4H3,(H,40,47)(H2,39,42,43)/i8D,9D,10D,11D. The second-order valence-electron chi connectivity index (χ2n) is 13.7. The molecule has 0 spiro atoms. The smallest absolute Gasteiger partial charge is 0.410 e. The molecule has 0 unspecified atom stereocenters. The molecule has 5 rings (SSSR count). The average molecular weight is 718 g/mol. The van der Waals surface area contributed by atoms with Gasteiger partial charge >= 0.3 is 6.09 Å². The van der Waals surface area contributed by atoms with E-state index in [4.69, 9.17) is 20.9 Å². The number of nitrogen functional groups attached to an aromatic ring is 1. The van der Waals surface area contributed by atoms with E-state index in [1.165, 1.54) is 18.7 Å². The summed E-state index contributed by atoms with van der Waals surface area (Å²) in [4.78, 5) is 56.7. The lowest BCUT2D eigenvalue weighted by Gasteiger charge is -2.39. The highest BCUT2D eigenvalue weighted by Crippen LogP contribution is 2.30. The molecule has 3 aromatic rings. The van der Waals surface area contributed by atoms with Crippen molar-refractivity contribution in [3.05, 3.63) is 59.3 Å². The molecule has 2 aliphatic rings. The molecule has 2 fully saturated rings. The third kappa shape index (κ3) is 10.9. The van der Waals surface area contributed by atoms with Crippen LogP contribution < -0.4 is 11.1 Å². The summed E-state index contributed by atoms with van der Waals surface area (Å²) >= 11 is 1.17. The van der Waals surface area contributed by atoms with Crippen LogP contribution in [-0.4, -0.2) is 99.0 Å². The highest BCUT2D eigenvalue weighted by Gasteiger charge is 2.29. The molecule has 14 heteroatoms. The summed E-state index contributed by atoms with van der Waals surface area (Å²) in [7, 11) is 0. The first-order chi connectivity index (χ1) is 26.0. The van der Waals surface area contributed by atoms with Crippen LogP contribution in [0.1, 0.15) is 69.4 Å². The van der Waals surface area contributed by atoms with Crippen LogP contribution in [0.25, 0.3) is 11.3 Å². The number of pyridine rings is 1. The normalized spacial score (nSPS) is 16.8. The number of piperazine rings is 1. The van der Waals surface area contributed by atoms with Gasteiger partial charge in [0.05, 0.1) is 16.9 Å². The third-order valence-corrected chi connectivity index (χ3v) is 9.39. The largest absolute Gasteiger partial charge is 0.444 e. The Bertz CT molecular complexity index is 1950. The van der Waals surface area contributed by atoms with Gasteiger partial charge in [-0.25, -0.2) is 14.8 Å². The van der Waals surface area contributed by atoms with Gasteiger partial charge in [0.1, 0.15) is 23.1 Å². The average Bonchev–Trinajstić information content (AvgIpc) is 3.14. The number of hydrogen-bond acceptors (Lipinski definition) is 11. The summed E-state index contributed by atoms with van der Waals surface area (Å²) in [6, 6.07) is 5.50. The van der Waals surface area contributed by atoms with Gasteiger partial charge in [0.15, 0.2) is 5.16 Å². The number of thioether (sulfide) groups is 1. The maximum atomic E-state index is 13.2. The number of anilines is 2. The van der Waals surface area contributed by atoms with Crippen LogP contribution >= 0.6 is 11.8 Å². The Labute approximate surface area is 309 Å². The van der Waals surface area contributed by atoms with Gasteiger partial charge in [-0.15, -0.1) is 0 Å². The quantitative estimate of drug-likeness (QED) is 0.214. The summed E-state index contributed by atoms with van der Waals surface area (Å²) in [5.41, 5.74) is 6.20. The van der Waals surface area contributed by atoms with Gasteiger partial charge in [-0.3, -0.25) is 19.5 Å². The van der Waals surface area contributed by atoms with Gasteiger partial charge in [0.2, 0.25) is 11.8 Å². The van der Waals surface area contributed by atoms with Gasteiger partial charge in [0.25, 0.3) is 0 Å². The van der Waals surface area contributed by atoms with Gasteiger partial charge in [-0.05, 0) is 70.2 Å². The molecule has 1 aromatic carbocycles. The summed E-state index contributed by atoms with van der Waals surface area (Å²) in [6.07, 6.45) is 2.43. The van der Waals surface area contributed by atoms with E-state index in [-0.39, 0.29) is 45.5 Å². The van der Waals surface area contributed by atoms with Gasteiger partial charge in [-0.1, -0.05) is 29.9 Å². The zero-order valence-corrected chi connectivity index (χ0v) is 30.4. The topological polar surface area (TPSA) is 171 Å². The summed E-state index contributed by atoms with van der Waals surface area (Å²) < 4.78 is 39.3. The molecule has 4 heterocycles. The number of amides is 3. The third-order valence-electron chi connectivity index (χ3n) is 8.51. The van der Waals surface area contributed by atoms with Crippen LogP contribution in [0.3, 0.4) is 0 Å². The van der Waals surface area contributed by atoms with Crippen LogP contribution in [0, 0.1) is 17.2 Å². The fourth-order valence-electron chi connectivity index (χ4n) is 5.93. The molecule has 51 heavy (non-hydrogen) atoms. The van der Waals surface area contributed by atoms with Crippen molar-refractivity contribution < 1.29 is 24.6 Å². The number of nitriles is 1. The number of rotatable bonds is 10. The molecule has 0 radical (unpaired) electrons. The number of nitrogens with one attached hydrogen (secondary N) is 1. The number of likely N-dealkylation sites (tertiary alicyclic amines) is 1. The van der Waals surface area contributed by atoms with Crippen LogP contribution in [-0.2, 0) is 26.5 Å². The van der Waals surface area contributed by atoms with Crippen molar-refractivity contribution in [3.8, 4) is 17.3 Å². The second-order valence-corrected chi connectivity index (χ2v) is 14.6. The Morgan fingerprint density at radius 1 is 1.02 bits per heavy atom.